The molecule has 0 saturated carbocycles. The summed E-state index contributed by atoms with van der Waals surface area (Å²) in [6.07, 6.45) is 4.74. The molecule has 3 unspecified atom stereocenters. The standard InChI is InChI=1S/C12H22N2O/c1-9-5-3-7-13-11(9)12(15)14-8-4-6-10(14)2/h9-11,13H,3-8H2,1-2H3. The number of carbonyl (C=O) groups excluding carboxylic acids is 1. The predicted octanol–water partition coefficient (Wildman–Crippen LogP) is 1.39. The monoisotopic (exact) mass is 210 g/mol. The molecule has 2 heterocycles. The third-order valence-electron chi connectivity index (χ3n) is 3.87. The van der Waals surface area contributed by atoms with E-state index in [0.717, 1.165) is 13.1 Å². The minimum atomic E-state index is 0.0827. The van der Waals surface area contributed by atoms with Crippen LogP contribution >= 0.6 is 0 Å². The highest BCUT2D eigenvalue weighted by molar-refractivity contribution is 5.82. The maximum absolute atomic E-state index is 12.3. The van der Waals surface area contributed by atoms with E-state index in [1.807, 2.05) is 0 Å². The number of carbonyl (C=O) groups is 1. The Morgan fingerprint density at radius 1 is 1.27 bits per heavy atom. The molecule has 2 fully saturated rings. The number of hydrogen-bond acceptors (Lipinski definition) is 2. The van der Waals surface area contributed by atoms with Gasteiger partial charge in [0.05, 0.1) is 6.04 Å². The zero-order chi connectivity index (χ0) is 10.8. The van der Waals surface area contributed by atoms with Gasteiger partial charge in [0.25, 0.3) is 0 Å². The number of nitrogens with one attached hydrogen (secondary N) is 1. The van der Waals surface area contributed by atoms with Crippen LogP contribution in [0.25, 0.3) is 0 Å². The van der Waals surface area contributed by atoms with Crippen molar-refractivity contribution in [2.75, 3.05) is 13.1 Å². The number of likely N-dealkylation sites (tertiary alicyclic amines) is 1. The minimum Gasteiger partial charge on any atom is -0.339 e. The van der Waals surface area contributed by atoms with Crippen molar-refractivity contribution in [1.29, 1.82) is 0 Å². The summed E-state index contributed by atoms with van der Waals surface area (Å²) in [4.78, 5) is 14.4. The molecule has 0 aliphatic carbocycles. The quantitative estimate of drug-likeness (QED) is 0.709. The lowest BCUT2D eigenvalue weighted by Gasteiger charge is -2.33. The van der Waals surface area contributed by atoms with Crippen molar-refractivity contribution < 1.29 is 4.79 Å². The van der Waals surface area contributed by atoms with Gasteiger partial charge in [0.2, 0.25) is 5.91 Å². The summed E-state index contributed by atoms with van der Waals surface area (Å²) < 4.78 is 0. The summed E-state index contributed by atoms with van der Waals surface area (Å²) >= 11 is 0. The Morgan fingerprint density at radius 3 is 2.67 bits per heavy atom. The second-order valence-corrected chi connectivity index (χ2v) is 5.07. The maximum atomic E-state index is 12.3. The molecule has 0 aromatic rings. The third-order valence-corrected chi connectivity index (χ3v) is 3.87. The summed E-state index contributed by atoms with van der Waals surface area (Å²) in [6.45, 7) is 6.32. The molecule has 2 aliphatic heterocycles. The highest BCUT2D eigenvalue weighted by Gasteiger charge is 2.34. The normalized spacial score (nSPS) is 36.9. The molecular weight excluding hydrogens is 188 g/mol. The van der Waals surface area contributed by atoms with Gasteiger partial charge in [-0.1, -0.05) is 6.92 Å². The molecule has 0 bridgehead atoms. The second kappa shape index (κ2) is 4.52. The van der Waals surface area contributed by atoms with Crippen LogP contribution in [0.1, 0.15) is 39.5 Å². The maximum Gasteiger partial charge on any atom is 0.240 e. The average molecular weight is 210 g/mol. The number of nitrogens with zero attached hydrogens (tertiary/aromatic N) is 1. The van der Waals surface area contributed by atoms with Gasteiger partial charge in [-0.3, -0.25) is 4.79 Å². The van der Waals surface area contributed by atoms with Crippen LogP contribution in [0.4, 0.5) is 0 Å². The molecule has 0 spiro atoms. The van der Waals surface area contributed by atoms with E-state index < -0.39 is 0 Å². The molecule has 15 heavy (non-hydrogen) atoms. The van der Waals surface area contributed by atoms with Crippen LogP contribution in [-0.2, 0) is 4.79 Å². The summed E-state index contributed by atoms with van der Waals surface area (Å²) in [5.41, 5.74) is 0. The highest BCUT2D eigenvalue weighted by Crippen LogP contribution is 2.22. The topological polar surface area (TPSA) is 32.3 Å². The summed E-state index contributed by atoms with van der Waals surface area (Å²) in [5.74, 6) is 0.839. The number of piperidine rings is 1. The highest BCUT2D eigenvalue weighted by atomic mass is 16.2. The van der Waals surface area contributed by atoms with Crippen LogP contribution in [0, 0.1) is 5.92 Å². The van der Waals surface area contributed by atoms with Crippen LogP contribution in [0.3, 0.4) is 0 Å². The first-order valence-corrected chi connectivity index (χ1v) is 6.24. The van der Waals surface area contributed by atoms with E-state index in [-0.39, 0.29) is 6.04 Å². The van der Waals surface area contributed by atoms with Crippen LogP contribution in [0.5, 0.6) is 0 Å². The van der Waals surface area contributed by atoms with Gasteiger partial charge in [0.15, 0.2) is 0 Å². The van der Waals surface area contributed by atoms with Crippen molar-refractivity contribution in [2.45, 2.75) is 51.6 Å². The molecule has 0 radical (unpaired) electrons. The molecule has 2 aliphatic rings. The molecule has 1 amide bonds. The van der Waals surface area contributed by atoms with E-state index in [0.29, 0.717) is 17.9 Å². The van der Waals surface area contributed by atoms with Crippen molar-refractivity contribution in [3.8, 4) is 0 Å². The second-order valence-electron chi connectivity index (χ2n) is 5.07. The van der Waals surface area contributed by atoms with Gasteiger partial charge in [-0.25, -0.2) is 0 Å². The average Bonchev–Trinajstić information content (AvgIpc) is 2.64. The van der Waals surface area contributed by atoms with Crippen molar-refractivity contribution in [2.24, 2.45) is 5.92 Å². The number of amides is 1. The lowest BCUT2D eigenvalue weighted by molar-refractivity contribution is -0.135. The van der Waals surface area contributed by atoms with Crippen molar-refractivity contribution in [1.82, 2.24) is 10.2 Å². The van der Waals surface area contributed by atoms with Crippen molar-refractivity contribution >= 4 is 5.91 Å². The Morgan fingerprint density at radius 2 is 2.07 bits per heavy atom. The van der Waals surface area contributed by atoms with E-state index in [9.17, 15) is 4.79 Å². The Kier molecular flexibility index (Phi) is 3.29. The molecule has 0 aromatic heterocycles. The van der Waals surface area contributed by atoms with Crippen molar-refractivity contribution in [3.63, 3.8) is 0 Å². The Hall–Kier alpha value is -0.570. The molecule has 3 heteroatoms. The van der Waals surface area contributed by atoms with Gasteiger partial charge in [-0.15, -0.1) is 0 Å². The van der Waals surface area contributed by atoms with Gasteiger partial charge in [0, 0.05) is 12.6 Å². The van der Waals surface area contributed by atoms with E-state index in [1.165, 1.54) is 25.7 Å². The van der Waals surface area contributed by atoms with Gasteiger partial charge in [-0.05, 0) is 45.1 Å². The van der Waals surface area contributed by atoms with E-state index in [1.54, 1.807) is 0 Å². The molecular formula is C12H22N2O. The van der Waals surface area contributed by atoms with Gasteiger partial charge in [-0.2, -0.15) is 0 Å². The third kappa shape index (κ3) is 2.17. The molecule has 3 nitrogen and oxygen atoms in total. The Labute approximate surface area is 92.2 Å². The summed E-state index contributed by atoms with van der Waals surface area (Å²) in [6, 6.07) is 0.535. The first-order chi connectivity index (χ1) is 7.20. The SMILES string of the molecule is CC1CCCNC1C(=O)N1CCCC1C. The van der Waals surface area contributed by atoms with E-state index in [4.69, 9.17) is 0 Å². The van der Waals surface area contributed by atoms with E-state index in [2.05, 4.69) is 24.1 Å². The van der Waals surface area contributed by atoms with Crippen molar-refractivity contribution in [3.05, 3.63) is 0 Å². The predicted molar refractivity (Wildman–Crippen MR) is 60.6 cm³/mol. The van der Waals surface area contributed by atoms with Crippen LogP contribution in [0.2, 0.25) is 0 Å². The first-order valence-electron chi connectivity index (χ1n) is 6.24. The van der Waals surface area contributed by atoms with Gasteiger partial charge in [0.1, 0.15) is 0 Å². The Balaban J connectivity index is 1.99. The molecule has 2 saturated heterocycles. The number of rotatable bonds is 1. The first kappa shape index (κ1) is 10.9. The fourth-order valence-electron chi connectivity index (χ4n) is 2.82. The summed E-state index contributed by atoms with van der Waals surface area (Å²) in [7, 11) is 0. The number of hydrogen-bond donors (Lipinski definition) is 1. The fraction of sp³-hybridized carbons (Fsp3) is 0.917. The lowest BCUT2D eigenvalue weighted by atomic mass is 9.91. The van der Waals surface area contributed by atoms with Gasteiger partial charge < -0.3 is 10.2 Å². The zero-order valence-electron chi connectivity index (χ0n) is 9.83. The molecule has 86 valence electrons. The largest absolute Gasteiger partial charge is 0.339 e. The molecule has 3 atom stereocenters. The molecule has 2 rings (SSSR count). The van der Waals surface area contributed by atoms with Crippen LogP contribution in [0.15, 0.2) is 0 Å². The summed E-state index contributed by atoms with van der Waals surface area (Å²) in [5, 5.41) is 3.37. The molecule has 0 aromatic carbocycles. The minimum absolute atomic E-state index is 0.0827. The Bertz CT molecular complexity index is 242. The van der Waals surface area contributed by atoms with E-state index >= 15 is 0 Å². The zero-order valence-corrected chi connectivity index (χ0v) is 9.83. The van der Waals surface area contributed by atoms with Crippen LogP contribution in [-0.4, -0.2) is 36.0 Å². The molecule has 1 N–H and O–H groups in total. The van der Waals surface area contributed by atoms with Crippen LogP contribution < -0.4 is 5.32 Å². The van der Waals surface area contributed by atoms with Gasteiger partial charge >= 0.3 is 0 Å². The smallest absolute Gasteiger partial charge is 0.240 e. The fourth-order valence-corrected chi connectivity index (χ4v) is 2.82. The lowest BCUT2D eigenvalue weighted by Crippen LogP contribution is -2.53.